The van der Waals surface area contributed by atoms with Crippen molar-refractivity contribution in [2.45, 2.75) is 38.8 Å². The molecule has 1 aromatic carbocycles. The van der Waals surface area contributed by atoms with E-state index in [-0.39, 0.29) is 11.1 Å². The summed E-state index contributed by atoms with van der Waals surface area (Å²) in [5.41, 5.74) is 5.70. The molecule has 0 bridgehead atoms. The first kappa shape index (κ1) is 14.1. The molecule has 17 heavy (non-hydrogen) atoms. The van der Waals surface area contributed by atoms with Crippen LogP contribution in [0, 0.1) is 18.6 Å². The molecule has 0 aromatic heterocycles. The predicted octanol–water partition coefficient (Wildman–Crippen LogP) is 3.09. The highest BCUT2D eigenvalue weighted by molar-refractivity contribution is 5.29. The minimum Gasteiger partial charge on any atom is -0.377 e. The van der Waals surface area contributed by atoms with Gasteiger partial charge in [0.2, 0.25) is 0 Å². The van der Waals surface area contributed by atoms with E-state index in [9.17, 15) is 8.78 Å². The number of benzene rings is 1. The lowest BCUT2D eigenvalue weighted by atomic mass is 9.87. The Bertz CT molecular complexity index is 403. The summed E-state index contributed by atoms with van der Waals surface area (Å²) < 4.78 is 32.6. The second-order valence-corrected chi connectivity index (χ2v) is 4.45. The van der Waals surface area contributed by atoms with Crippen molar-refractivity contribution >= 4 is 0 Å². The number of hydrogen-bond donors (Lipinski definition) is 1. The van der Waals surface area contributed by atoms with Crippen LogP contribution in [-0.4, -0.2) is 12.7 Å². The molecule has 0 saturated heterocycles. The summed E-state index contributed by atoms with van der Waals surface area (Å²) in [5, 5.41) is 0. The number of methoxy groups -OCH3 is 1. The molecular formula is C13H19F2NO. The van der Waals surface area contributed by atoms with Crippen molar-refractivity contribution in [1.82, 2.24) is 0 Å². The van der Waals surface area contributed by atoms with Crippen molar-refractivity contribution in [2.24, 2.45) is 5.73 Å². The molecule has 2 atom stereocenters. The average Bonchev–Trinajstić information content (AvgIpc) is 2.34. The first-order chi connectivity index (χ1) is 7.87. The Morgan fingerprint density at radius 3 is 2.41 bits per heavy atom. The molecule has 4 heteroatoms. The SMILES string of the molecule is CCC(C)(OC)C(N)c1ccc(C)c(F)c1F. The molecule has 0 amide bonds. The molecule has 1 rings (SSSR count). The van der Waals surface area contributed by atoms with Gasteiger partial charge in [-0.3, -0.25) is 0 Å². The summed E-state index contributed by atoms with van der Waals surface area (Å²) in [6, 6.07) is 2.35. The number of rotatable bonds is 4. The van der Waals surface area contributed by atoms with Crippen molar-refractivity contribution in [3.63, 3.8) is 0 Å². The zero-order valence-corrected chi connectivity index (χ0v) is 10.7. The van der Waals surface area contributed by atoms with E-state index in [0.717, 1.165) is 0 Å². The van der Waals surface area contributed by atoms with Gasteiger partial charge in [-0.15, -0.1) is 0 Å². The standard InChI is InChI=1S/C13H19F2NO/c1-5-13(3,17-4)12(16)9-7-6-8(2)10(14)11(9)15/h6-7,12H,5,16H2,1-4H3. The van der Waals surface area contributed by atoms with Crippen LogP contribution >= 0.6 is 0 Å². The van der Waals surface area contributed by atoms with Crippen LogP contribution in [0.1, 0.15) is 37.4 Å². The van der Waals surface area contributed by atoms with E-state index in [0.29, 0.717) is 6.42 Å². The van der Waals surface area contributed by atoms with E-state index < -0.39 is 23.3 Å². The Hall–Kier alpha value is -1.00. The highest BCUT2D eigenvalue weighted by Gasteiger charge is 2.33. The number of halogens is 2. The zero-order chi connectivity index (χ0) is 13.2. The Labute approximate surface area is 101 Å². The molecule has 2 nitrogen and oxygen atoms in total. The molecule has 0 fully saturated rings. The molecule has 0 aliphatic heterocycles. The molecule has 0 spiro atoms. The number of ether oxygens (including phenoxy) is 1. The van der Waals surface area contributed by atoms with Gasteiger partial charge in [-0.1, -0.05) is 19.1 Å². The molecular weight excluding hydrogens is 224 g/mol. The second kappa shape index (κ2) is 5.10. The topological polar surface area (TPSA) is 35.2 Å². The van der Waals surface area contributed by atoms with Gasteiger partial charge in [0.1, 0.15) is 0 Å². The number of aryl methyl sites for hydroxylation is 1. The van der Waals surface area contributed by atoms with Crippen LogP contribution in [0.4, 0.5) is 8.78 Å². The molecule has 2 unspecified atom stereocenters. The molecule has 2 N–H and O–H groups in total. The lowest BCUT2D eigenvalue weighted by Crippen LogP contribution is -2.40. The quantitative estimate of drug-likeness (QED) is 0.882. The van der Waals surface area contributed by atoms with Crippen molar-refractivity contribution in [1.29, 1.82) is 0 Å². The van der Waals surface area contributed by atoms with E-state index >= 15 is 0 Å². The number of nitrogens with two attached hydrogens (primary N) is 1. The predicted molar refractivity (Wildman–Crippen MR) is 63.7 cm³/mol. The van der Waals surface area contributed by atoms with Crippen LogP contribution in [0.2, 0.25) is 0 Å². The van der Waals surface area contributed by atoms with Crippen LogP contribution in [0.25, 0.3) is 0 Å². The van der Waals surface area contributed by atoms with Crippen molar-refractivity contribution in [2.75, 3.05) is 7.11 Å². The van der Waals surface area contributed by atoms with Crippen LogP contribution in [-0.2, 0) is 4.74 Å². The summed E-state index contributed by atoms with van der Waals surface area (Å²) >= 11 is 0. The highest BCUT2D eigenvalue weighted by atomic mass is 19.2. The van der Waals surface area contributed by atoms with Gasteiger partial charge in [-0.05, 0) is 25.8 Å². The molecule has 1 aromatic rings. The Morgan fingerprint density at radius 1 is 1.35 bits per heavy atom. The first-order valence-corrected chi connectivity index (χ1v) is 5.62. The molecule has 96 valence electrons. The van der Waals surface area contributed by atoms with E-state index in [1.807, 2.05) is 6.92 Å². The maximum atomic E-state index is 13.8. The molecule has 0 saturated carbocycles. The van der Waals surface area contributed by atoms with Gasteiger partial charge in [0, 0.05) is 12.7 Å². The van der Waals surface area contributed by atoms with E-state index in [1.54, 1.807) is 6.92 Å². The van der Waals surface area contributed by atoms with E-state index in [4.69, 9.17) is 10.5 Å². The third-order valence-corrected chi connectivity index (χ3v) is 3.47. The summed E-state index contributed by atoms with van der Waals surface area (Å²) in [6.07, 6.45) is 0.611. The van der Waals surface area contributed by atoms with Gasteiger partial charge >= 0.3 is 0 Å². The first-order valence-electron chi connectivity index (χ1n) is 5.62. The van der Waals surface area contributed by atoms with Crippen molar-refractivity contribution < 1.29 is 13.5 Å². The zero-order valence-electron chi connectivity index (χ0n) is 10.7. The summed E-state index contributed by atoms with van der Waals surface area (Å²) in [5.74, 6) is -1.72. The third-order valence-electron chi connectivity index (χ3n) is 3.47. The third kappa shape index (κ3) is 2.48. The average molecular weight is 243 g/mol. The second-order valence-electron chi connectivity index (χ2n) is 4.45. The summed E-state index contributed by atoms with van der Waals surface area (Å²) in [4.78, 5) is 0. The molecule has 0 radical (unpaired) electrons. The van der Waals surface area contributed by atoms with Crippen LogP contribution < -0.4 is 5.73 Å². The minimum absolute atomic E-state index is 0.152. The molecule has 0 aliphatic rings. The fourth-order valence-corrected chi connectivity index (χ4v) is 1.72. The maximum Gasteiger partial charge on any atom is 0.163 e. The summed E-state index contributed by atoms with van der Waals surface area (Å²) in [7, 11) is 1.52. The number of hydrogen-bond acceptors (Lipinski definition) is 2. The minimum atomic E-state index is -0.880. The van der Waals surface area contributed by atoms with Crippen molar-refractivity contribution in [3.8, 4) is 0 Å². The fourth-order valence-electron chi connectivity index (χ4n) is 1.72. The fraction of sp³-hybridized carbons (Fsp3) is 0.538. The van der Waals surface area contributed by atoms with Gasteiger partial charge in [0.25, 0.3) is 0 Å². The summed E-state index contributed by atoms with van der Waals surface area (Å²) in [6.45, 7) is 5.20. The molecule has 0 aliphatic carbocycles. The van der Waals surface area contributed by atoms with Gasteiger partial charge < -0.3 is 10.5 Å². The maximum absolute atomic E-state index is 13.8. The van der Waals surface area contributed by atoms with Crippen LogP contribution in [0.5, 0.6) is 0 Å². The Kier molecular flexibility index (Phi) is 4.22. The van der Waals surface area contributed by atoms with E-state index in [1.165, 1.54) is 26.2 Å². The van der Waals surface area contributed by atoms with Gasteiger partial charge in [-0.25, -0.2) is 8.78 Å². The van der Waals surface area contributed by atoms with Gasteiger partial charge in [-0.2, -0.15) is 0 Å². The van der Waals surface area contributed by atoms with Crippen molar-refractivity contribution in [3.05, 3.63) is 34.9 Å². The van der Waals surface area contributed by atoms with Crippen LogP contribution in [0.3, 0.4) is 0 Å². The van der Waals surface area contributed by atoms with Gasteiger partial charge in [0.05, 0.1) is 11.6 Å². The lowest BCUT2D eigenvalue weighted by Gasteiger charge is -2.33. The lowest BCUT2D eigenvalue weighted by molar-refractivity contribution is -0.0204. The Balaban J connectivity index is 3.21. The highest BCUT2D eigenvalue weighted by Crippen LogP contribution is 2.32. The van der Waals surface area contributed by atoms with Gasteiger partial charge in [0.15, 0.2) is 11.6 Å². The normalized spacial score (nSPS) is 16.6. The Morgan fingerprint density at radius 2 is 1.94 bits per heavy atom. The van der Waals surface area contributed by atoms with Crippen LogP contribution in [0.15, 0.2) is 12.1 Å². The van der Waals surface area contributed by atoms with E-state index in [2.05, 4.69) is 0 Å². The smallest absolute Gasteiger partial charge is 0.163 e. The monoisotopic (exact) mass is 243 g/mol. The molecule has 0 heterocycles. The largest absolute Gasteiger partial charge is 0.377 e.